The number of nitrogens with zero attached hydrogens (tertiary/aromatic N) is 2. The molecule has 0 radical (unpaired) electrons. The molecule has 0 aliphatic heterocycles. The van der Waals surface area contributed by atoms with Gasteiger partial charge in [-0.25, -0.2) is 0 Å². The first-order valence-electron chi connectivity index (χ1n) is 4.34. The molecular formula is C9H14ClN3. The van der Waals surface area contributed by atoms with Crippen LogP contribution >= 0.6 is 11.6 Å². The molecule has 0 aromatic carbocycles. The fourth-order valence-electron chi connectivity index (χ4n) is 1.32. The summed E-state index contributed by atoms with van der Waals surface area (Å²) in [5, 5.41) is 0.615. The van der Waals surface area contributed by atoms with Crippen LogP contribution in [0, 0.1) is 0 Å². The normalized spacial score (nSPS) is 10.1. The Bertz CT molecular complexity index is 264. The van der Waals surface area contributed by atoms with Gasteiger partial charge in [0.2, 0.25) is 0 Å². The standard InChI is InChI=1S/C9H14ClN3/c1-3-13(4-2)9-7(10)5-12-6-8(9)11/h5-6H,3-4,11H2,1-2H3. The summed E-state index contributed by atoms with van der Waals surface area (Å²) >= 11 is 6.00. The molecule has 1 heterocycles. The fourth-order valence-corrected chi connectivity index (χ4v) is 1.60. The predicted molar refractivity (Wildman–Crippen MR) is 57.2 cm³/mol. The second-order valence-corrected chi connectivity index (χ2v) is 3.14. The number of nitrogen functional groups attached to an aromatic ring is 1. The van der Waals surface area contributed by atoms with Gasteiger partial charge in [-0.15, -0.1) is 0 Å². The Balaban J connectivity index is 3.10. The summed E-state index contributed by atoms with van der Waals surface area (Å²) in [5.41, 5.74) is 7.31. The number of aromatic nitrogens is 1. The summed E-state index contributed by atoms with van der Waals surface area (Å²) in [6.07, 6.45) is 3.24. The van der Waals surface area contributed by atoms with Crippen molar-refractivity contribution in [1.82, 2.24) is 4.98 Å². The SMILES string of the molecule is CCN(CC)c1c(N)cncc1Cl. The van der Waals surface area contributed by atoms with Crippen LogP contribution in [0.2, 0.25) is 5.02 Å². The summed E-state index contributed by atoms with van der Waals surface area (Å²) in [6, 6.07) is 0. The summed E-state index contributed by atoms with van der Waals surface area (Å²) in [4.78, 5) is 6.02. The Morgan fingerprint density at radius 1 is 1.38 bits per heavy atom. The van der Waals surface area contributed by atoms with E-state index in [1.54, 1.807) is 12.4 Å². The zero-order valence-corrected chi connectivity index (χ0v) is 8.67. The van der Waals surface area contributed by atoms with Gasteiger partial charge in [-0.1, -0.05) is 11.6 Å². The van der Waals surface area contributed by atoms with Gasteiger partial charge in [0.05, 0.1) is 22.6 Å². The molecule has 3 nitrogen and oxygen atoms in total. The second-order valence-electron chi connectivity index (χ2n) is 2.73. The Morgan fingerprint density at radius 2 is 2.00 bits per heavy atom. The Labute approximate surface area is 83.5 Å². The first kappa shape index (κ1) is 10.1. The zero-order valence-electron chi connectivity index (χ0n) is 7.92. The molecule has 4 heteroatoms. The van der Waals surface area contributed by atoms with Crippen LogP contribution in [0.4, 0.5) is 11.4 Å². The van der Waals surface area contributed by atoms with Crippen LogP contribution in [0.25, 0.3) is 0 Å². The first-order valence-corrected chi connectivity index (χ1v) is 4.72. The van der Waals surface area contributed by atoms with Crippen molar-refractivity contribution in [3.05, 3.63) is 17.4 Å². The maximum Gasteiger partial charge on any atom is 0.0843 e. The second kappa shape index (κ2) is 4.33. The van der Waals surface area contributed by atoms with Gasteiger partial charge >= 0.3 is 0 Å². The van der Waals surface area contributed by atoms with Crippen molar-refractivity contribution in [2.24, 2.45) is 0 Å². The molecule has 0 saturated carbocycles. The van der Waals surface area contributed by atoms with Crippen molar-refractivity contribution in [3.8, 4) is 0 Å². The number of halogens is 1. The maximum absolute atomic E-state index is 6.00. The largest absolute Gasteiger partial charge is 0.396 e. The zero-order chi connectivity index (χ0) is 9.84. The molecule has 0 saturated heterocycles. The molecule has 13 heavy (non-hydrogen) atoms. The number of pyridine rings is 1. The number of nitrogens with two attached hydrogens (primary N) is 1. The van der Waals surface area contributed by atoms with Gasteiger partial charge in [-0.2, -0.15) is 0 Å². The highest BCUT2D eigenvalue weighted by atomic mass is 35.5. The van der Waals surface area contributed by atoms with Crippen molar-refractivity contribution < 1.29 is 0 Å². The topological polar surface area (TPSA) is 42.1 Å². The molecule has 2 N–H and O–H groups in total. The molecule has 0 atom stereocenters. The minimum absolute atomic E-state index is 0.615. The first-order chi connectivity index (χ1) is 6.20. The fraction of sp³-hybridized carbons (Fsp3) is 0.444. The van der Waals surface area contributed by atoms with Gasteiger partial charge in [-0.05, 0) is 13.8 Å². The van der Waals surface area contributed by atoms with Crippen molar-refractivity contribution in [2.45, 2.75) is 13.8 Å². The summed E-state index contributed by atoms with van der Waals surface area (Å²) < 4.78 is 0. The lowest BCUT2D eigenvalue weighted by molar-refractivity contribution is 0.866. The highest BCUT2D eigenvalue weighted by Gasteiger charge is 2.10. The van der Waals surface area contributed by atoms with E-state index in [1.165, 1.54) is 0 Å². The van der Waals surface area contributed by atoms with E-state index >= 15 is 0 Å². The van der Waals surface area contributed by atoms with Crippen LogP contribution in [0.15, 0.2) is 12.4 Å². The molecule has 1 rings (SSSR count). The van der Waals surface area contributed by atoms with Crippen LogP contribution in [0.5, 0.6) is 0 Å². The molecular weight excluding hydrogens is 186 g/mol. The highest BCUT2D eigenvalue weighted by Crippen LogP contribution is 2.30. The summed E-state index contributed by atoms with van der Waals surface area (Å²) in [5.74, 6) is 0. The van der Waals surface area contributed by atoms with Crippen LogP contribution in [-0.4, -0.2) is 18.1 Å². The molecule has 1 aromatic heterocycles. The van der Waals surface area contributed by atoms with E-state index in [0.29, 0.717) is 10.7 Å². The van der Waals surface area contributed by atoms with E-state index in [1.807, 2.05) is 0 Å². The number of anilines is 2. The quantitative estimate of drug-likeness (QED) is 0.812. The molecule has 1 aromatic rings. The third-order valence-corrected chi connectivity index (χ3v) is 2.26. The van der Waals surface area contributed by atoms with Gasteiger partial charge in [0.15, 0.2) is 0 Å². The minimum atomic E-state index is 0.615. The Morgan fingerprint density at radius 3 is 2.46 bits per heavy atom. The van der Waals surface area contributed by atoms with E-state index in [0.717, 1.165) is 18.8 Å². The molecule has 0 aliphatic rings. The lowest BCUT2D eigenvalue weighted by Crippen LogP contribution is -2.23. The smallest absolute Gasteiger partial charge is 0.0843 e. The maximum atomic E-state index is 6.00. The predicted octanol–water partition coefficient (Wildman–Crippen LogP) is 2.16. The molecule has 72 valence electrons. The summed E-state index contributed by atoms with van der Waals surface area (Å²) in [6.45, 7) is 5.92. The summed E-state index contributed by atoms with van der Waals surface area (Å²) in [7, 11) is 0. The molecule has 0 bridgehead atoms. The van der Waals surface area contributed by atoms with Crippen molar-refractivity contribution in [2.75, 3.05) is 23.7 Å². The average molecular weight is 200 g/mol. The van der Waals surface area contributed by atoms with E-state index < -0.39 is 0 Å². The average Bonchev–Trinajstić information content (AvgIpc) is 2.11. The van der Waals surface area contributed by atoms with E-state index in [4.69, 9.17) is 17.3 Å². The van der Waals surface area contributed by atoms with Gasteiger partial charge in [0.25, 0.3) is 0 Å². The molecule has 0 aliphatic carbocycles. The number of hydrogen-bond acceptors (Lipinski definition) is 3. The van der Waals surface area contributed by atoms with Crippen molar-refractivity contribution in [1.29, 1.82) is 0 Å². The van der Waals surface area contributed by atoms with Crippen LogP contribution in [-0.2, 0) is 0 Å². The van der Waals surface area contributed by atoms with Crippen LogP contribution < -0.4 is 10.6 Å². The van der Waals surface area contributed by atoms with Crippen LogP contribution in [0.1, 0.15) is 13.8 Å². The Hall–Kier alpha value is -0.960. The third-order valence-electron chi connectivity index (χ3n) is 1.98. The van der Waals surface area contributed by atoms with Gasteiger partial charge in [0, 0.05) is 19.3 Å². The number of hydrogen-bond donors (Lipinski definition) is 1. The molecule has 0 unspecified atom stereocenters. The minimum Gasteiger partial charge on any atom is -0.396 e. The van der Waals surface area contributed by atoms with E-state index in [-0.39, 0.29) is 0 Å². The van der Waals surface area contributed by atoms with Gasteiger partial charge in [-0.3, -0.25) is 4.98 Å². The monoisotopic (exact) mass is 199 g/mol. The van der Waals surface area contributed by atoms with Crippen LogP contribution in [0.3, 0.4) is 0 Å². The van der Waals surface area contributed by atoms with Gasteiger partial charge < -0.3 is 10.6 Å². The molecule has 0 spiro atoms. The molecule has 0 amide bonds. The lowest BCUT2D eigenvalue weighted by atomic mass is 10.3. The Kier molecular flexibility index (Phi) is 3.37. The lowest BCUT2D eigenvalue weighted by Gasteiger charge is -2.23. The van der Waals surface area contributed by atoms with Crippen molar-refractivity contribution in [3.63, 3.8) is 0 Å². The van der Waals surface area contributed by atoms with E-state index in [2.05, 4.69) is 23.7 Å². The van der Waals surface area contributed by atoms with Gasteiger partial charge in [0.1, 0.15) is 0 Å². The molecule has 0 fully saturated rings. The van der Waals surface area contributed by atoms with Crippen molar-refractivity contribution >= 4 is 23.0 Å². The third kappa shape index (κ3) is 2.04. The van der Waals surface area contributed by atoms with E-state index in [9.17, 15) is 0 Å². The number of rotatable bonds is 3. The highest BCUT2D eigenvalue weighted by molar-refractivity contribution is 6.33.